The average Bonchev–Trinajstić information content (AvgIpc) is 2.03. The highest BCUT2D eigenvalue weighted by atomic mass is 16.4. The van der Waals surface area contributed by atoms with E-state index in [1.54, 1.807) is 0 Å². The Balaban J connectivity index is 4.63. The zero-order valence-corrected chi connectivity index (χ0v) is 9.84. The Morgan fingerprint density at radius 1 is 1.21 bits per heavy atom. The third-order valence-electron chi connectivity index (χ3n) is 2.86. The molecule has 0 radical (unpaired) electrons. The van der Waals surface area contributed by atoms with Gasteiger partial charge in [-0.05, 0) is 26.9 Å². The summed E-state index contributed by atoms with van der Waals surface area (Å²) in [5, 5.41) is 8.92. The summed E-state index contributed by atoms with van der Waals surface area (Å²) in [6.45, 7) is 4.21. The minimum atomic E-state index is -0.694. The van der Waals surface area contributed by atoms with E-state index >= 15 is 0 Å². The Bertz CT molecular complexity index is 172. The van der Waals surface area contributed by atoms with E-state index in [1.165, 1.54) is 0 Å². The van der Waals surface area contributed by atoms with Crippen LogP contribution in [0.5, 0.6) is 0 Å². The quantitative estimate of drug-likeness (QED) is 0.687. The van der Waals surface area contributed by atoms with E-state index in [9.17, 15) is 4.79 Å². The molecule has 0 aromatic heterocycles. The fourth-order valence-corrected chi connectivity index (χ4v) is 2.12. The highest BCUT2D eigenvalue weighted by molar-refractivity contribution is 5.68. The molecule has 0 atom stereocenters. The predicted octanol–water partition coefficient (Wildman–Crippen LogP) is 2.36. The fraction of sp³-hybridized carbons (Fsp3) is 0.909. The van der Waals surface area contributed by atoms with Crippen LogP contribution < -0.4 is 0 Å². The van der Waals surface area contributed by atoms with Crippen molar-refractivity contribution in [1.82, 2.24) is 4.90 Å². The lowest BCUT2D eigenvalue weighted by molar-refractivity contribution is -0.140. The van der Waals surface area contributed by atoms with Crippen molar-refractivity contribution >= 4 is 5.97 Å². The number of aliphatic carboxylic acids is 1. The predicted molar refractivity (Wildman–Crippen MR) is 58.5 cm³/mol. The monoisotopic (exact) mass is 201 g/mol. The van der Waals surface area contributed by atoms with E-state index in [-0.39, 0.29) is 12.0 Å². The van der Waals surface area contributed by atoms with Crippen molar-refractivity contribution in [2.24, 2.45) is 0 Å². The first-order chi connectivity index (χ1) is 6.48. The molecule has 0 saturated carbocycles. The van der Waals surface area contributed by atoms with Crippen LogP contribution in [0.25, 0.3) is 0 Å². The second-order valence-corrected chi connectivity index (χ2v) is 4.19. The average molecular weight is 201 g/mol. The van der Waals surface area contributed by atoms with Crippen molar-refractivity contribution < 1.29 is 9.90 Å². The maximum atomic E-state index is 10.8. The number of hydrogen-bond donors (Lipinski definition) is 1. The molecule has 3 heteroatoms. The molecule has 1 N–H and O–H groups in total. The lowest BCUT2D eigenvalue weighted by Crippen LogP contribution is -2.45. The molecular formula is C11H23NO2. The van der Waals surface area contributed by atoms with Crippen LogP contribution >= 0.6 is 0 Å². The first kappa shape index (κ1) is 13.4. The van der Waals surface area contributed by atoms with Crippen LogP contribution in [0.2, 0.25) is 0 Å². The lowest BCUT2D eigenvalue weighted by atomic mass is 9.84. The van der Waals surface area contributed by atoms with E-state index in [0.717, 1.165) is 25.7 Å². The van der Waals surface area contributed by atoms with Crippen LogP contribution in [0.15, 0.2) is 0 Å². The third-order valence-corrected chi connectivity index (χ3v) is 2.86. The summed E-state index contributed by atoms with van der Waals surface area (Å²) in [7, 11) is 3.96. The Morgan fingerprint density at radius 3 is 1.86 bits per heavy atom. The van der Waals surface area contributed by atoms with Gasteiger partial charge in [-0.1, -0.05) is 26.7 Å². The lowest BCUT2D eigenvalue weighted by Gasteiger charge is -2.39. The normalized spacial score (nSPS) is 12.1. The number of carbonyl (C=O) groups is 1. The molecule has 0 heterocycles. The van der Waals surface area contributed by atoms with Crippen LogP contribution in [-0.4, -0.2) is 35.6 Å². The summed E-state index contributed by atoms with van der Waals surface area (Å²) in [4.78, 5) is 12.9. The van der Waals surface area contributed by atoms with Crippen LogP contribution in [0.3, 0.4) is 0 Å². The van der Waals surface area contributed by atoms with E-state index < -0.39 is 5.97 Å². The number of hydrogen-bond acceptors (Lipinski definition) is 2. The minimum Gasteiger partial charge on any atom is -0.481 e. The molecule has 0 unspecified atom stereocenters. The van der Waals surface area contributed by atoms with E-state index in [0.29, 0.717) is 0 Å². The summed E-state index contributed by atoms with van der Waals surface area (Å²) in [6, 6.07) is 0. The van der Waals surface area contributed by atoms with Crippen LogP contribution in [-0.2, 0) is 4.79 Å². The van der Waals surface area contributed by atoms with Gasteiger partial charge in [0.1, 0.15) is 0 Å². The molecule has 0 aliphatic carbocycles. The zero-order valence-electron chi connectivity index (χ0n) is 9.84. The first-order valence-corrected chi connectivity index (χ1v) is 5.37. The SMILES string of the molecule is CCCC(CCC)(CC(=O)O)N(C)C. The Labute approximate surface area is 87.1 Å². The van der Waals surface area contributed by atoms with Crippen LogP contribution in [0.4, 0.5) is 0 Å². The first-order valence-electron chi connectivity index (χ1n) is 5.37. The maximum absolute atomic E-state index is 10.8. The van der Waals surface area contributed by atoms with Gasteiger partial charge in [0.2, 0.25) is 0 Å². The van der Waals surface area contributed by atoms with Crippen molar-refractivity contribution in [3.63, 3.8) is 0 Å². The smallest absolute Gasteiger partial charge is 0.305 e. The molecular weight excluding hydrogens is 178 g/mol. The van der Waals surface area contributed by atoms with Gasteiger partial charge >= 0.3 is 5.97 Å². The van der Waals surface area contributed by atoms with Gasteiger partial charge in [0.05, 0.1) is 6.42 Å². The number of carboxylic acids is 1. The number of nitrogens with zero attached hydrogens (tertiary/aromatic N) is 1. The molecule has 0 saturated heterocycles. The van der Waals surface area contributed by atoms with Crippen LogP contribution in [0.1, 0.15) is 46.0 Å². The Morgan fingerprint density at radius 2 is 1.64 bits per heavy atom. The summed E-state index contributed by atoms with van der Waals surface area (Å²) >= 11 is 0. The highest BCUT2D eigenvalue weighted by Gasteiger charge is 2.33. The summed E-state index contributed by atoms with van der Waals surface area (Å²) in [6.07, 6.45) is 4.23. The molecule has 0 rings (SSSR count). The van der Waals surface area contributed by atoms with Crippen molar-refractivity contribution in [3.05, 3.63) is 0 Å². The van der Waals surface area contributed by atoms with Gasteiger partial charge in [0.25, 0.3) is 0 Å². The maximum Gasteiger partial charge on any atom is 0.305 e. The Hall–Kier alpha value is -0.570. The third kappa shape index (κ3) is 3.66. The van der Waals surface area contributed by atoms with E-state index in [1.807, 2.05) is 14.1 Å². The second-order valence-electron chi connectivity index (χ2n) is 4.19. The molecule has 84 valence electrons. The molecule has 0 fully saturated rings. The van der Waals surface area contributed by atoms with Gasteiger partial charge in [0, 0.05) is 5.54 Å². The van der Waals surface area contributed by atoms with Crippen LogP contribution in [0, 0.1) is 0 Å². The largest absolute Gasteiger partial charge is 0.481 e. The highest BCUT2D eigenvalue weighted by Crippen LogP contribution is 2.28. The number of carboxylic acid groups (broad SMARTS) is 1. The molecule has 0 spiro atoms. The van der Waals surface area contributed by atoms with E-state index in [4.69, 9.17) is 5.11 Å². The molecule has 0 bridgehead atoms. The summed E-state index contributed by atoms with van der Waals surface area (Å²) in [5.74, 6) is -0.694. The summed E-state index contributed by atoms with van der Waals surface area (Å²) in [5.41, 5.74) is -0.144. The molecule has 14 heavy (non-hydrogen) atoms. The van der Waals surface area contributed by atoms with E-state index in [2.05, 4.69) is 18.7 Å². The Kier molecular flexibility index (Phi) is 5.77. The standard InChI is InChI=1S/C11H23NO2/c1-5-7-11(8-6-2,12(3)4)9-10(13)14/h5-9H2,1-4H3,(H,13,14). The minimum absolute atomic E-state index is 0.144. The molecule has 3 nitrogen and oxygen atoms in total. The van der Waals surface area contributed by atoms with Crippen molar-refractivity contribution in [2.75, 3.05) is 14.1 Å². The molecule has 0 aliphatic heterocycles. The summed E-state index contributed by atoms with van der Waals surface area (Å²) < 4.78 is 0. The van der Waals surface area contributed by atoms with Crippen molar-refractivity contribution in [3.8, 4) is 0 Å². The second kappa shape index (κ2) is 6.02. The number of rotatable bonds is 7. The molecule has 0 aromatic rings. The zero-order chi connectivity index (χ0) is 11.2. The molecule has 0 aliphatic rings. The topological polar surface area (TPSA) is 40.5 Å². The van der Waals surface area contributed by atoms with Gasteiger partial charge in [-0.3, -0.25) is 4.79 Å². The molecule has 0 amide bonds. The van der Waals surface area contributed by atoms with Gasteiger partial charge in [-0.15, -0.1) is 0 Å². The van der Waals surface area contributed by atoms with Gasteiger partial charge in [-0.25, -0.2) is 0 Å². The van der Waals surface area contributed by atoms with Crippen molar-refractivity contribution in [1.29, 1.82) is 0 Å². The molecule has 0 aromatic carbocycles. The fourth-order valence-electron chi connectivity index (χ4n) is 2.12. The van der Waals surface area contributed by atoms with Gasteiger partial charge in [0.15, 0.2) is 0 Å². The van der Waals surface area contributed by atoms with Gasteiger partial charge < -0.3 is 10.0 Å². The van der Waals surface area contributed by atoms with Gasteiger partial charge in [-0.2, -0.15) is 0 Å². The van der Waals surface area contributed by atoms with Crippen molar-refractivity contribution in [2.45, 2.75) is 51.5 Å².